The monoisotopic (exact) mass is 331 g/mol. The standard InChI is InChI=1S/C19H25NO4/c1-19(17(21)11-14-7-4-3-5-8-14)16(12-18(22)24-19)20-10-6-9-15(20)13-23-2/h3-5,7-8,12,15,17,21H,6,9-11,13H2,1-2H3/t15-,17+,19-/m0/s1. The van der Waals surface area contributed by atoms with Gasteiger partial charge in [0.25, 0.3) is 0 Å². The molecule has 0 aromatic heterocycles. The highest BCUT2D eigenvalue weighted by atomic mass is 16.6. The van der Waals surface area contributed by atoms with Gasteiger partial charge in [-0.05, 0) is 25.3 Å². The van der Waals surface area contributed by atoms with Crippen LogP contribution in [0.5, 0.6) is 0 Å². The number of carbonyl (C=O) groups excluding carboxylic acids is 1. The Morgan fingerprint density at radius 2 is 2.17 bits per heavy atom. The maximum Gasteiger partial charge on any atom is 0.333 e. The lowest BCUT2D eigenvalue weighted by molar-refractivity contribution is -0.155. The van der Waals surface area contributed by atoms with Crippen LogP contribution in [-0.2, 0) is 20.7 Å². The Kier molecular flexibility index (Phi) is 4.92. The number of likely N-dealkylation sites (tertiary alicyclic amines) is 1. The van der Waals surface area contributed by atoms with E-state index >= 15 is 0 Å². The number of nitrogens with zero attached hydrogens (tertiary/aromatic N) is 1. The van der Waals surface area contributed by atoms with Crippen LogP contribution in [0.3, 0.4) is 0 Å². The van der Waals surface area contributed by atoms with Gasteiger partial charge in [-0.2, -0.15) is 0 Å². The van der Waals surface area contributed by atoms with Crippen LogP contribution in [0.15, 0.2) is 42.1 Å². The molecule has 130 valence electrons. The molecule has 3 atom stereocenters. The Morgan fingerprint density at radius 1 is 1.42 bits per heavy atom. The molecule has 0 aliphatic carbocycles. The van der Waals surface area contributed by atoms with Gasteiger partial charge in [0.2, 0.25) is 0 Å². The van der Waals surface area contributed by atoms with Gasteiger partial charge in [-0.25, -0.2) is 4.79 Å². The molecule has 1 aromatic rings. The Balaban J connectivity index is 1.82. The van der Waals surface area contributed by atoms with Crippen LogP contribution in [0.25, 0.3) is 0 Å². The Hall–Kier alpha value is -1.85. The lowest BCUT2D eigenvalue weighted by Gasteiger charge is -2.38. The zero-order valence-corrected chi connectivity index (χ0v) is 14.3. The van der Waals surface area contributed by atoms with E-state index in [9.17, 15) is 9.90 Å². The lowest BCUT2D eigenvalue weighted by atomic mass is 9.89. The number of rotatable bonds is 6. The highest BCUT2D eigenvalue weighted by Crippen LogP contribution is 2.38. The number of aliphatic hydroxyl groups is 1. The fourth-order valence-electron chi connectivity index (χ4n) is 3.70. The molecule has 1 aromatic carbocycles. The van der Waals surface area contributed by atoms with Crippen molar-refractivity contribution in [2.24, 2.45) is 0 Å². The van der Waals surface area contributed by atoms with Gasteiger partial charge < -0.3 is 19.5 Å². The average molecular weight is 331 g/mol. The van der Waals surface area contributed by atoms with Crippen LogP contribution in [-0.4, -0.2) is 54.0 Å². The second kappa shape index (κ2) is 6.95. The van der Waals surface area contributed by atoms with Gasteiger partial charge in [0.15, 0.2) is 5.60 Å². The number of cyclic esters (lactones) is 1. The van der Waals surface area contributed by atoms with E-state index in [1.54, 1.807) is 14.0 Å². The van der Waals surface area contributed by atoms with E-state index in [-0.39, 0.29) is 12.0 Å². The van der Waals surface area contributed by atoms with E-state index in [1.807, 2.05) is 30.3 Å². The van der Waals surface area contributed by atoms with Gasteiger partial charge in [0.1, 0.15) is 6.10 Å². The number of hydrogen-bond acceptors (Lipinski definition) is 5. The summed E-state index contributed by atoms with van der Waals surface area (Å²) in [4.78, 5) is 14.1. The third-order valence-electron chi connectivity index (χ3n) is 5.03. The minimum atomic E-state index is -1.02. The molecule has 0 bridgehead atoms. The van der Waals surface area contributed by atoms with Gasteiger partial charge in [-0.15, -0.1) is 0 Å². The highest BCUT2D eigenvalue weighted by molar-refractivity contribution is 5.86. The van der Waals surface area contributed by atoms with Crippen LogP contribution in [0.4, 0.5) is 0 Å². The molecule has 1 saturated heterocycles. The van der Waals surface area contributed by atoms with Crippen molar-refractivity contribution in [1.82, 2.24) is 4.90 Å². The zero-order valence-electron chi connectivity index (χ0n) is 14.3. The Labute approximate surface area is 142 Å². The number of ether oxygens (including phenoxy) is 2. The van der Waals surface area contributed by atoms with Crippen molar-refractivity contribution >= 4 is 5.97 Å². The van der Waals surface area contributed by atoms with E-state index in [2.05, 4.69) is 4.90 Å². The third-order valence-corrected chi connectivity index (χ3v) is 5.03. The van der Waals surface area contributed by atoms with Crippen LogP contribution < -0.4 is 0 Å². The summed E-state index contributed by atoms with van der Waals surface area (Å²) < 4.78 is 10.9. The molecule has 2 aliphatic heterocycles. The van der Waals surface area contributed by atoms with Crippen molar-refractivity contribution in [2.75, 3.05) is 20.3 Å². The van der Waals surface area contributed by atoms with Gasteiger partial charge in [-0.3, -0.25) is 0 Å². The van der Waals surface area contributed by atoms with Gasteiger partial charge >= 0.3 is 5.97 Å². The van der Waals surface area contributed by atoms with Crippen molar-refractivity contribution in [3.05, 3.63) is 47.7 Å². The van der Waals surface area contributed by atoms with E-state index in [0.717, 1.165) is 30.6 Å². The molecule has 1 fully saturated rings. The molecule has 0 saturated carbocycles. The number of aliphatic hydroxyl groups excluding tert-OH is 1. The SMILES string of the molecule is COC[C@@H]1CCCN1C1=CC(=O)O[C@]1(C)[C@H](O)Cc1ccccc1. The molecule has 2 aliphatic rings. The molecule has 24 heavy (non-hydrogen) atoms. The van der Waals surface area contributed by atoms with Crippen LogP contribution in [0.2, 0.25) is 0 Å². The molecule has 0 spiro atoms. The summed E-state index contributed by atoms with van der Waals surface area (Å²) in [7, 11) is 1.69. The summed E-state index contributed by atoms with van der Waals surface area (Å²) in [5, 5.41) is 10.9. The predicted octanol–water partition coefficient (Wildman–Crippen LogP) is 1.90. The van der Waals surface area contributed by atoms with E-state index < -0.39 is 11.7 Å². The largest absolute Gasteiger partial charge is 0.447 e. The maximum atomic E-state index is 12.0. The minimum Gasteiger partial charge on any atom is -0.447 e. The van der Waals surface area contributed by atoms with Gasteiger partial charge in [0, 0.05) is 26.2 Å². The molecule has 1 N–H and O–H groups in total. The van der Waals surface area contributed by atoms with Gasteiger partial charge in [-0.1, -0.05) is 30.3 Å². The van der Waals surface area contributed by atoms with Crippen molar-refractivity contribution in [3.63, 3.8) is 0 Å². The number of benzene rings is 1. The maximum absolute atomic E-state index is 12.0. The number of carbonyl (C=O) groups is 1. The summed E-state index contributed by atoms with van der Waals surface area (Å²) in [5.41, 5.74) is 0.766. The second-order valence-electron chi connectivity index (χ2n) is 6.71. The molecule has 3 rings (SSSR count). The Morgan fingerprint density at radius 3 is 2.88 bits per heavy atom. The van der Waals surface area contributed by atoms with E-state index in [4.69, 9.17) is 9.47 Å². The number of hydrogen-bond donors (Lipinski definition) is 1. The normalized spacial score (nSPS) is 28.0. The smallest absolute Gasteiger partial charge is 0.333 e. The summed E-state index contributed by atoms with van der Waals surface area (Å²) in [6, 6.07) is 9.98. The van der Waals surface area contributed by atoms with Crippen molar-refractivity contribution in [3.8, 4) is 0 Å². The van der Waals surface area contributed by atoms with E-state index in [1.165, 1.54) is 6.08 Å². The summed E-state index contributed by atoms with van der Waals surface area (Å²) in [5.74, 6) is -0.386. The van der Waals surface area contributed by atoms with Crippen LogP contribution >= 0.6 is 0 Å². The highest BCUT2D eigenvalue weighted by Gasteiger charge is 2.49. The Bertz CT molecular complexity index is 615. The first kappa shape index (κ1) is 17.0. The quantitative estimate of drug-likeness (QED) is 0.807. The molecular formula is C19H25NO4. The van der Waals surface area contributed by atoms with Crippen molar-refractivity contribution in [2.45, 2.75) is 43.9 Å². The topological polar surface area (TPSA) is 59.0 Å². The first-order valence-electron chi connectivity index (χ1n) is 8.47. The fraction of sp³-hybridized carbons (Fsp3) is 0.526. The van der Waals surface area contributed by atoms with Crippen LogP contribution in [0, 0.1) is 0 Å². The summed E-state index contributed by atoms with van der Waals surface area (Å²) >= 11 is 0. The summed E-state index contributed by atoms with van der Waals surface area (Å²) in [6.07, 6.45) is 3.23. The minimum absolute atomic E-state index is 0.221. The van der Waals surface area contributed by atoms with Gasteiger partial charge in [0.05, 0.1) is 18.3 Å². The fourth-order valence-corrected chi connectivity index (χ4v) is 3.70. The van der Waals surface area contributed by atoms with Crippen LogP contribution in [0.1, 0.15) is 25.3 Å². The van der Waals surface area contributed by atoms with Crippen molar-refractivity contribution in [1.29, 1.82) is 0 Å². The third kappa shape index (κ3) is 3.19. The molecule has 0 radical (unpaired) electrons. The van der Waals surface area contributed by atoms with E-state index in [0.29, 0.717) is 13.0 Å². The first-order chi connectivity index (χ1) is 11.5. The number of methoxy groups -OCH3 is 1. The second-order valence-corrected chi connectivity index (χ2v) is 6.71. The van der Waals surface area contributed by atoms with Crippen molar-refractivity contribution < 1.29 is 19.4 Å². The molecule has 5 heteroatoms. The molecule has 0 unspecified atom stereocenters. The molecule has 5 nitrogen and oxygen atoms in total. The summed E-state index contributed by atoms with van der Waals surface area (Å²) in [6.45, 7) is 3.26. The molecule has 2 heterocycles. The zero-order chi connectivity index (χ0) is 17.2. The molecule has 0 amide bonds. The number of esters is 1. The predicted molar refractivity (Wildman–Crippen MR) is 90.3 cm³/mol. The average Bonchev–Trinajstić information content (AvgIpc) is 3.13. The lowest BCUT2D eigenvalue weighted by Crippen LogP contribution is -2.49. The first-order valence-corrected chi connectivity index (χ1v) is 8.47. The molecular weight excluding hydrogens is 306 g/mol.